The molecule has 2 aliphatic rings. The van der Waals surface area contributed by atoms with Gasteiger partial charge < -0.3 is 9.64 Å². The molecule has 2 heterocycles. The summed E-state index contributed by atoms with van der Waals surface area (Å²) in [7, 11) is -7.94. The fraction of sp³-hybridized carbons (Fsp3) is 0.240. The zero-order valence-electron chi connectivity index (χ0n) is 18.5. The molecular formula is C25H23NO6S2. The monoisotopic (exact) mass is 497 g/mol. The lowest BCUT2D eigenvalue weighted by Gasteiger charge is -2.22. The van der Waals surface area contributed by atoms with Gasteiger partial charge in [0, 0.05) is 17.8 Å². The van der Waals surface area contributed by atoms with E-state index in [0.29, 0.717) is 13.0 Å². The zero-order chi connectivity index (χ0) is 24.1. The van der Waals surface area contributed by atoms with Gasteiger partial charge in [-0.25, -0.2) is 16.8 Å². The third-order valence-electron chi connectivity index (χ3n) is 6.28. The van der Waals surface area contributed by atoms with Crippen LogP contribution in [-0.2, 0) is 26.1 Å². The van der Waals surface area contributed by atoms with Crippen LogP contribution in [0.25, 0.3) is 0 Å². The second kappa shape index (κ2) is 8.25. The third-order valence-corrected chi connectivity index (χ3v) is 10.4. The number of rotatable bonds is 5. The number of ether oxygens (including phenoxy) is 1. The Labute approximate surface area is 198 Å². The maximum atomic E-state index is 13.6. The van der Waals surface area contributed by atoms with E-state index < -0.39 is 30.7 Å². The molecular weight excluding hydrogens is 474 g/mol. The van der Waals surface area contributed by atoms with Crippen molar-refractivity contribution in [1.29, 1.82) is 0 Å². The number of hydrogen-bond acceptors (Lipinski definition) is 6. The van der Waals surface area contributed by atoms with Gasteiger partial charge in [-0.2, -0.15) is 0 Å². The van der Waals surface area contributed by atoms with Crippen LogP contribution >= 0.6 is 0 Å². The van der Waals surface area contributed by atoms with Crippen molar-refractivity contribution in [1.82, 2.24) is 0 Å². The minimum absolute atomic E-state index is 0.0238. The number of hydrogen-bond donors (Lipinski definition) is 0. The van der Waals surface area contributed by atoms with Crippen molar-refractivity contribution in [3.63, 3.8) is 0 Å². The van der Waals surface area contributed by atoms with Crippen molar-refractivity contribution in [2.45, 2.75) is 28.4 Å². The van der Waals surface area contributed by atoms with E-state index >= 15 is 0 Å². The van der Waals surface area contributed by atoms with Gasteiger partial charge in [0.1, 0.15) is 11.0 Å². The Kier molecular flexibility index (Phi) is 5.49. The molecule has 7 nitrogen and oxygen atoms in total. The molecule has 3 aromatic carbocycles. The van der Waals surface area contributed by atoms with Gasteiger partial charge >= 0.3 is 0 Å². The molecule has 0 aliphatic carbocycles. The molecule has 1 amide bonds. The van der Waals surface area contributed by atoms with Crippen LogP contribution < -0.4 is 9.64 Å². The van der Waals surface area contributed by atoms with Crippen LogP contribution in [0.4, 0.5) is 5.69 Å². The first-order valence-corrected chi connectivity index (χ1v) is 14.2. The van der Waals surface area contributed by atoms with Gasteiger partial charge in [-0.05, 0) is 49.2 Å². The Hall–Kier alpha value is -3.17. The Morgan fingerprint density at radius 1 is 1.03 bits per heavy atom. The number of carbonyl (C=O) groups is 1. The Balaban J connectivity index is 1.68. The Bertz CT molecular complexity index is 1500. The second-order valence-corrected chi connectivity index (χ2v) is 12.4. The Morgan fingerprint density at radius 2 is 1.74 bits per heavy atom. The summed E-state index contributed by atoms with van der Waals surface area (Å²) in [6.07, 6.45) is 0.705. The maximum absolute atomic E-state index is 13.6. The highest BCUT2D eigenvalue weighted by molar-refractivity contribution is 7.96. The summed E-state index contributed by atoms with van der Waals surface area (Å²) >= 11 is 0. The van der Waals surface area contributed by atoms with E-state index in [9.17, 15) is 21.6 Å². The highest BCUT2D eigenvalue weighted by Crippen LogP contribution is 2.47. The predicted molar refractivity (Wildman–Crippen MR) is 128 cm³/mol. The van der Waals surface area contributed by atoms with Crippen LogP contribution in [0.2, 0.25) is 0 Å². The summed E-state index contributed by atoms with van der Waals surface area (Å²) in [5.74, 6) is -0.916. The fourth-order valence-electron chi connectivity index (χ4n) is 4.71. The number of nitrogens with zero attached hydrogens (tertiary/aromatic N) is 1. The van der Waals surface area contributed by atoms with E-state index in [0.717, 1.165) is 11.3 Å². The molecule has 5 rings (SSSR count). The van der Waals surface area contributed by atoms with Gasteiger partial charge in [-0.1, -0.05) is 36.4 Å². The highest BCUT2D eigenvalue weighted by Gasteiger charge is 2.46. The van der Waals surface area contributed by atoms with Crippen molar-refractivity contribution < 1.29 is 26.4 Å². The van der Waals surface area contributed by atoms with Crippen molar-refractivity contribution in [2.24, 2.45) is 0 Å². The summed E-state index contributed by atoms with van der Waals surface area (Å²) in [5, 5.41) is -1.37. The average molecular weight is 498 g/mol. The molecule has 2 aliphatic heterocycles. The molecule has 0 aromatic heterocycles. The Morgan fingerprint density at radius 3 is 2.47 bits per heavy atom. The first-order valence-electron chi connectivity index (χ1n) is 11.0. The van der Waals surface area contributed by atoms with E-state index in [1.54, 1.807) is 30.0 Å². The van der Waals surface area contributed by atoms with Gasteiger partial charge in [0.15, 0.2) is 19.7 Å². The molecule has 1 atom stereocenters. The minimum Gasteiger partial charge on any atom is -0.493 e. The largest absolute Gasteiger partial charge is 0.493 e. The van der Waals surface area contributed by atoms with Gasteiger partial charge in [-0.3, -0.25) is 4.79 Å². The van der Waals surface area contributed by atoms with E-state index in [-0.39, 0.29) is 39.2 Å². The molecule has 176 valence electrons. The van der Waals surface area contributed by atoms with Crippen LogP contribution in [-0.4, -0.2) is 41.6 Å². The molecule has 0 fully saturated rings. The fourth-order valence-corrected chi connectivity index (χ4v) is 9.04. The topological polar surface area (TPSA) is 97.8 Å². The number of fused-ring (bicyclic) bond motifs is 2. The predicted octanol–water partition coefficient (Wildman–Crippen LogP) is 3.59. The lowest BCUT2D eigenvalue weighted by atomic mass is 10.0. The minimum atomic E-state index is -4.06. The zero-order valence-corrected chi connectivity index (χ0v) is 20.1. The molecule has 0 N–H and O–H groups in total. The summed E-state index contributed by atoms with van der Waals surface area (Å²) in [5.41, 5.74) is 2.03. The van der Waals surface area contributed by atoms with Crippen LogP contribution in [0.1, 0.15) is 33.7 Å². The number of benzene rings is 3. The van der Waals surface area contributed by atoms with E-state index in [2.05, 4.69) is 0 Å². The van der Waals surface area contributed by atoms with Gasteiger partial charge in [0.05, 0.1) is 27.7 Å². The smallest absolute Gasteiger partial charge is 0.262 e. The van der Waals surface area contributed by atoms with E-state index in [1.165, 1.54) is 24.3 Å². The summed E-state index contributed by atoms with van der Waals surface area (Å²) in [6, 6.07) is 18.1. The molecule has 0 bridgehead atoms. The van der Waals surface area contributed by atoms with Crippen LogP contribution in [0.3, 0.4) is 0 Å². The van der Waals surface area contributed by atoms with Crippen molar-refractivity contribution >= 4 is 31.3 Å². The van der Waals surface area contributed by atoms with Crippen LogP contribution in [0.15, 0.2) is 76.5 Å². The third kappa shape index (κ3) is 3.50. The number of carbonyl (C=O) groups excluding carboxylic acids is 1. The summed E-state index contributed by atoms with van der Waals surface area (Å²) in [4.78, 5) is 15.2. The molecule has 0 spiro atoms. The number of anilines is 1. The van der Waals surface area contributed by atoms with Crippen LogP contribution in [0, 0.1) is 0 Å². The second-order valence-electron chi connectivity index (χ2n) is 8.25. The molecule has 34 heavy (non-hydrogen) atoms. The number of amides is 1. The maximum Gasteiger partial charge on any atom is 0.262 e. The first kappa shape index (κ1) is 22.6. The molecule has 0 saturated carbocycles. The van der Waals surface area contributed by atoms with Gasteiger partial charge in [0.25, 0.3) is 5.91 Å². The normalized spacial score (nSPS) is 18.4. The summed E-state index contributed by atoms with van der Waals surface area (Å²) in [6.45, 7) is 2.33. The van der Waals surface area contributed by atoms with Crippen molar-refractivity contribution in [2.75, 3.05) is 23.8 Å². The van der Waals surface area contributed by atoms with Crippen molar-refractivity contribution in [3.05, 3.63) is 83.4 Å². The van der Waals surface area contributed by atoms with Crippen LogP contribution in [0.5, 0.6) is 5.75 Å². The lowest BCUT2D eigenvalue weighted by molar-refractivity contribution is 0.0985. The molecule has 9 heteroatoms. The molecule has 3 aromatic rings. The number of para-hydroxylation sites is 1. The standard InChI is InChI=1S/C25H23NO6S2/c1-2-32-24-19(25(27)26-15-14-17-8-6-7-11-20(17)26)12-13-21-23(24)22(16-33(21,28)29)34(30,31)18-9-4-3-5-10-18/h3-13,22H,2,14-16H2,1H3. The molecule has 1 unspecified atom stereocenters. The first-order chi connectivity index (χ1) is 16.3. The highest BCUT2D eigenvalue weighted by atomic mass is 32.2. The van der Waals surface area contributed by atoms with E-state index in [4.69, 9.17) is 4.74 Å². The SMILES string of the molecule is CCOc1c(C(=O)N2CCc3ccccc32)ccc2c1C(S(=O)(=O)c1ccccc1)CS2(=O)=O. The number of sulfone groups is 2. The van der Waals surface area contributed by atoms with Gasteiger partial charge in [0.2, 0.25) is 0 Å². The average Bonchev–Trinajstić information content (AvgIpc) is 3.39. The van der Waals surface area contributed by atoms with Crippen molar-refractivity contribution in [3.8, 4) is 5.75 Å². The molecule has 0 radical (unpaired) electrons. The quantitative estimate of drug-likeness (QED) is 0.534. The summed E-state index contributed by atoms with van der Waals surface area (Å²) < 4.78 is 58.8. The lowest BCUT2D eigenvalue weighted by Crippen LogP contribution is -2.29. The van der Waals surface area contributed by atoms with Gasteiger partial charge in [-0.15, -0.1) is 0 Å². The molecule has 0 saturated heterocycles. The van der Waals surface area contributed by atoms with E-state index in [1.807, 2.05) is 24.3 Å².